The van der Waals surface area contributed by atoms with Crippen molar-refractivity contribution in [1.29, 1.82) is 0 Å². The Hall–Kier alpha value is -0.840. The largest absolute Gasteiger partial charge is 0.494 e. The highest BCUT2D eigenvalue weighted by molar-refractivity contribution is 9.10. The fraction of sp³-hybridized carbons (Fsp3) is 0.333. The van der Waals surface area contributed by atoms with E-state index in [1.165, 1.54) is 14.9 Å². The highest BCUT2D eigenvalue weighted by Gasteiger charge is 2.13. The average molecular weight is 340 g/mol. The van der Waals surface area contributed by atoms with Gasteiger partial charge in [-0.3, -0.25) is 0 Å². The van der Waals surface area contributed by atoms with Crippen LogP contribution in [0.1, 0.15) is 23.4 Å². The molecule has 0 amide bonds. The quantitative estimate of drug-likeness (QED) is 0.841. The zero-order valence-electron chi connectivity index (χ0n) is 11.2. The van der Waals surface area contributed by atoms with Gasteiger partial charge >= 0.3 is 0 Å². The molecule has 2 aromatic rings. The summed E-state index contributed by atoms with van der Waals surface area (Å²) in [5.41, 5.74) is 1.28. The monoisotopic (exact) mass is 339 g/mol. The second-order valence-electron chi connectivity index (χ2n) is 4.24. The zero-order chi connectivity index (χ0) is 13.7. The third-order valence-electron chi connectivity index (χ3n) is 3.02. The van der Waals surface area contributed by atoms with Gasteiger partial charge in [0.2, 0.25) is 0 Å². The van der Waals surface area contributed by atoms with E-state index < -0.39 is 0 Å². The van der Waals surface area contributed by atoms with Crippen molar-refractivity contribution in [2.24, 2.45) is 0 Å². The van der Waals surface area contributed by atoms with Gasteiger partial charge in [-0.2, -0.15) is 0 Å². The first kappa shape index (κ1) is 14.6. The number of likely N-dealkylation sites (N-methyl/N-ethyl adjacent to an activating group) is 1. The summed E-state index contributed by atoms with van der Waals surface area (Å²) in [7, 11) is 2.00. The van der Waals surface area contributed by atoms with Crippen LogP contribution in [-0.2, 0) is 6.42 Å². The summed E-state index contributed by atoms with van der Waals surface area (Å²) < 4.78 is 6.67. The van der Waals surface area contributed by atoms with E-state index in [4.69, 9.17) is 4.74 Å². The predicted octanol–water partition coefficient (Wildman–Crippen LogP) is 4.41. The molecule has 0 aliphatic carbocycles. The maximum atomic E-state index is 5.47. The van der Waals surface area contributed by atoms with Crippen LogP contribution in [0.5, 0.6) is 5.75 Å². The van der Waals surface area contributed by atoms with Crippen LogP contribution in [0.4, 0.5) is 0 Å². The fourth-order valence-corrected chi connectivity index (χ4v) is 3.57. The molecule has 1 aromatic heterocycles. The van der Waals surface area contributed by atoms with Crippen molar-refractivity contribution in [2.45, 2.75) is 19.4 Å². The van der Waals surface area contributed by atoms with Crippen molar-refractivity contribution in [3.63, 3.8) is 0 Å². The molecule has 4 heteroatoms. The Bertz CT molecular complexity index is 509. The van der Waals surface area contributed by atoms with Crippen LogP contribution >= 0.6 is 27.3 Å². The minimum atomic E-state index is 0.325. The van der Waals surface area contributed by atoms with E-state index in [2.05, 4.69) is 44.8 Å². The second kappa shape index (κ2) is 7.08. The Balaban J connectivity index is 2.11. The molecular formula is C15H18BrNOS. The van der Waals surface area contributed by atoms with Gasteiger partial charge in [-0.05, 0) is 59.0 Å². The Morgan fingerprint density at radius 1 is 1.26 bits per heavy atom. The van der Waals surface area contributed by atoms with Gasteiger partial charge < -0.3 is 10.1 Å². The first-order valence-corrected chi connectivity index (χ1v) is 8.03. The van der Waals surface area contributed by atoms with Crippen LogP contribution in [0.3, 0.4) is 0 Å². The number of rotatable bonds is 6. The lowest BCUT2D eigenvalue weighted by molar-refractivity contribution is 0.340. The number of nitrogens with one attached hydrogen (secondary N) is 1. The van der Waals surface area contributed by atoms with Crippen LogP contribution in [-0.4, -0.2) is 13.7 Å². The topological polar surface area (TPSA) is 21.3 Å². The molecule has 1 N–H and O–H groups in total. The summed E-state index contributed by atoms with van der Waals surface area (Å²) >= 11 is 5.38. The molecule has 1 aromatic carbocycles. The minimum absolute atomic E-state index is 0.325. The van der Waals surface area contributed by atoms with Crippen LogP contribution in [0.2, 0.25) is 0 Å². The van der Waals surface area contributed by atoms with E-state index in [9.17, 15) is 0 Å². The molecule has 102 valence electrons. The smallest absolute Gasteiger partial charge is 0.119 e. The lowest BCUT2D eigenvalue weighted by Crippen LogP contribution is -2.18. The van der Waals surface area contributed by atoms with Gasteiger partial charge in [0.25, 0.3) is 0 Å². The molecule has 0 fully saturated rings. The van der Waals surface area contributed by atoms with Crippen LogP contribution in [0, 0.1) is 0 Å². The normalized spacial score (nSPS) is 12.4. The first-order chi connectivity index (χ1) is 9.24. The molecule has 19 heavy (non-hydrogen) atoms. The average Bonchev–Trinajstić information content (AvgIpc) is 2.83. The number of hydrogen-bond acceptors (Lipinski definition) is 3. The molecule has 2 nitrogen and oxygen atoms in total. The van der Waals surface area contributed by atoms with Gasteiger partial charge in [0, 0.05) is 21.8 Å². The first-order valence-electron chi connectivity index (χ1n) is 6.36. The summed E-state index contributed by atoms with van der Waals surface area (Å²) in [5, 5.41) is 5.50. The van der Waals surface area contributed by atoms with Crippen molar-refractivity contribution in [3.8, 4) is 5.75 Å². The molecule has 0 radical (unpaired) electrons. The highest BCUT2D eigenvalue weighted by Crippen LogP contribution is 2.28. The van der Waals surface area contributed by atoms with Gasteiger partial charge in [-0.25, -0.2) is 0 Å². The van der Waals surface area contributed by atoms with E-state index in [1.54, 1.807) is 11.3 Å². The summed E-state index contributed by atoms with van der Waals surface area (Å²) in [5.74, 6) is 0.929. The van der Waals surface area contributed by atoms with Gasteiger partial charge in [0.05, 0.1) is 6.61 Å². The summed E-state index contributed by atoms with van der Waals surface area (Å²) in [6.07, 6.45) is 0.989. The summed E-state index contributed by atoms with van der Waals surface area (Å²) in [6, 6.07) is 10.8. The lowest BCUT2D eigenvalue weighted by Gasteiger charge is -2.16. The molecule has 0 bridgehead atoms. The SMILES string of the molecule is CCOc1ccc(C(Cc2sccc2Br)NC)cc1. The molecule has 0 aliphatic heterocycles. The number of ether oxygens (including phenoxy) is 1. The Labute approximate surface area is 126 Å². The molecule has 1 unspecified atom stereocenters. The molecule has 0 saturated carbocycles. The third-order valence-corrected chi connectivity index (χ3v) is 4.97. The fourth-order valence-electron chi connectivity index (χ4n) is 2.01. The Morgan fingerprint density at radius 3 is 2.53 bits per heavy atom. The lowest BCUT2D eigenvalue weighted by atomic mass is 10.0. The van der Waals surface area contributed by atoms with Gasteiger partial charge in [0.1, 0.15) is 5.75 Å². The standard InChI is InChI=1S/C15H18BrNOS/c1-3-18-12-6-4-11(5-7-12)14(17-2)10-15-13(16)8-9-19-15/h4-9,14,17H,3,10H2,1-2H3. The Kier molecular flexibility index (Phi) is 5.43. The number of hydrogen-bond donors (Lipinski definition) is 1. The molecule has 0 aliphatic rings. The van der Waals surface area contributed by atoms with Crippen molar-refractivity contribution >= 4 is 27.3 Å². The molecular weight excluding hydrogens is 322 g/mol. The number of halogens is 1. The molecule has 1 heterocycles. The molecule has 0 saturated heterocycles. The van der Waals surface area contributed by atoms with Crippen LogP contribution in [0.15, 0.2) is 40.2 Å². The van der Waals surface area contributed by atoms with E-state index in [1.807, 2.05) is 26.1 Å². The van der Waals surface area contributed by atoms with Crippen molar-refractivity contribution in [2.75, 3.05) is 13.7 Å². The number of thiophene rings is 1. The number of benzene rings is 1. The predicted molar refractivity (Wildman–Crippen MR) is 85.1 cm³/mol. The van der Waals surface area contributed by atoms with E-state index in [-0.39, 0.29) is 0 Å². The maximum absolute atomic E-state index is 5.47. The van der Waals surface area contributed by atoms with Crippen LogP contribution in [0.25, 0.3) is 0 Å². The minimum Gasteiger partial charge on any atom is -0.494 e. The van der Waals surface area contributed by atoms with E-state index >= 15 is 0 Å². The van der Waals surface area contributed by atoms with Crippen molar-refractivity contribution in [1.82, 2.24) is 5.32 Å². The molecule has 0 spiro atoms. The second-order valence-corrected chi connectivity index (χ2v) is 6.09. The van der Waals surface area contributed by atoms with Gasteiger partial charge in [0.15, 0.2) is 0 Å². The highest BCUT2D eigenvalue weighted by atomic mass is 79.9. The molecule has 2 rings (SSSR count). The van der Waals surface area contributed by atoms with Gasteiger partial charge in [-0.15, -0.1) is 11.3 Å². The van der Waals surface area contributed by atoms with Gasteiger partial charge in [-0.1, -0.05) is 12.1 Å². The van der Waals surface area contributed by atoms with Crippen molar-refractivity contribution < 1.29 is 4.74 Å². The maximum Gasteiger partial charge on any atom is 0.119 e. The van der Waals surface area contributed by atoms with E-state index in [0.717, 1.165) is 12.2 Å². The summed E-state index contributed by atoms with van der Waals surface area (Å²) in [4.78, 5) is 1.37. The van der Waals surface area contributed by atoms with Crippen LogP contribution < -0.4 is 10.1 Å². The van der Waals surface area contributed by atoms with Crippen molar-refractivity contribution in [3.05, 3.63) is 50.6 Å². The zero-order valence-corrected chi connectivity index (χ0v) is 13.6. The molecule has 1 atom stereocenters. The Morgan fingerprint density at radius 2 is 2.00 bits per heavy atom. The third kappa shape index (κ3) is 3.81. The van der Waals surface area contributed by atoms with E-state index in [0.29, 0.717) is 12.6 Å². The summed E-state index contributed by atoms with van der Waals surface area (Å²) in [6.45, 7) is 2.70.